The SMILES string of the molecule is O=C(CN1CCCNCC1)NCC1CN2CCCC2CO1. The van der Waals surface area contributed by atoms with Crippen LogP contribution in [0.3, 0.4) is 0 Å². The van der Waals surface area contributed by atoms with Gasteiger partial charge in [0.2, 0.25) is 5.91 Å². The summed E-state index contributed by atoms with van der Waals surface area (Å²) < 4.78 is 5.87. The van der Waals surface area contributed by atoms with Crippen LogP contribution in [-0.4, -0.2) is 86.8 Å². The van der Waals surface area contributed by atoms with E-state index in [1.165, 1.54) is 19.4 Å². The maximum absolute atomic E-state index is 12.1. The van der Waals surface area contributed by atoms with Gasteiger partial charge in [-0.15, -0.1) is 0 Å². The first-order valence-corrected chi connectivity index (χ1v) is 8.37. The predicted octanol–water partition coefficient (Wildman–Crippen LogP) is -0.739. The summed E-state index contributed by atoms with van der Waals surface area (Å²) in [5.74, 6) is 0.129. The normalized spacial score (nSPS) is 31.6. The lowest BCUT2D eigenvalue weighted by molar-refractivity contribution is -0.123. The zero-order valence-electron chi connectivity index (χ0n) is 12.9. The third-order valence-corrected chi connectivity index (χ3v) is 4.79. The second-order valence-corrected chi connectivity index (χ2v) is 6.43. The molecule has 2 unspecified atom stereocenters. The summed E-state index contributed by atoms with van der Waals surface area (Å²) in [4.78, 5) is 16.8. The lowest BCUT2D eigenvalue weighted by Crippen LogP contribution is -2.51. The third-order valence-electron chi connectivity index (χ3n) is 4.79. The van der Waals surface area contributed by atoms with E-state index in [1.807, 2.05) is 0 Å². The van der Waals surface area contributed by atoms with Crippen LogP contribution >= 0.6 is 0 Å². The van der Waals surface area contributed by atoms with E-state index in [9.17, 15) is 4.79 Å². The summed E-state index contributed by atoms with van der Waals surface area (Å²) in [5.41, 5.74) is 0. The molecule has 3 heterocycles. The van der Waals surface area contributed by atoms with Crippen molar-refractivity contribution in [2.75, 3.05) is 59.0 Å². The van der Waals surface area contributed by atoms with Gasteiger partial charge in [0.05, 0.1) is 19.3 Å². The van der Waals surface area contributed by atoms with Gasteiger partial charge in [-0.1, -0.05) is 0 Å². The Balaban J connectivity index is 1.35. The number of rotatable bonds is 4. The number of ether oxygens (including phenoxy) is 1. The lowest BCUT2D eigenvalue weighted by Gasteiger charge is -2.35. The van der Waals surface area contributed by atoms with Crippen molar-refractivity contribution in [2.45, 2.75) is 31.4 Å². The molecule has 6 heteroatoms. The molecule has 3 aliphatic heterocycles. The van der Waals surface area contributed by atoms with Crippen LogP contribution in [0.4, 0.5) is 0 Å². The van der Waals surface area contributed by atoms with Gasteiger partial charge in [-0.2, -0.15) is 0 Å². The molecule has 3 saturated heterocycles. The molecule has 0 aromatic carbocycles. The van der Waals surface area contributed by atoms with Gasteiger partial charge in [0.15, 0.2) is 0 Å². The minimum Gasteiger partial charge on any atom is -0.373 e. The fourth-order valence-corrected chi connectivity index (χ4v) is 3.56. The molecular weight excluding hydrogens is 268 g/mol. The number of morpholine rings is 1. The molecule has 1 amide bonds. The first-order chi connectivity index (χ1) is 10.3. The van der Waals surface area contributed by atoms with Crippen molar-refractivity contribution >= 4 is 5.91 Å². The van der Waals surface area contributed by atoms with E-state index < -0.39 is 0 Å². The van der Waals surface area contributed by atoms with Crippen LogP contribution in [0.5, 0.6) is 0 Å². The minimum atomic E-state index is 0.129. The van der Waals surface area contributed by atoms with E-state index in [2.05, 4.69) is 20.4 Å². The maximum atomic E-state index is 12.1. The van der Waals surface area contributed by atoms with E-state index in [4.69, 9.17) is 4.74 Å². The fourth-order valence-electron chi connectivity index (χ4n) is 3.56. The minimum absolute atomic E-state index is 0.129. The molecule has 2 atom stereocenters. The molecule has 0 bridgehead atoms. The maximum Gasteiger partial charge on any atom is 0.234 e. The Hall–Kier alpha value is -0.690. The molecule has 0 spiro atoms. The summed E-state index contributed by atoms with van der Waals surface area (Å²) in [5, 5.41) is 6.40. The van der Waals surface area contributed by atoms with Gasteiger partial charge >= 0.3 is 0 Å². The number of nitrogens with zero attached hydrogens (tertiary/aromatic N) is 2. The molecule has 0 saturated carbocycles. The Morgan fingerprint density at radius 3 is 3.14 bits per heavy atom. The van der Waals surface area contributed by atoms with E-state index in [0.717, 1.165) is 45.8 Å². The number of hydrogen-bond donors (Lipinski definition) is 2. The molecule has 6 nitrogen and oxygen atoms in total. The summed E-state index contributed by atoms with van der Waals surface area (Å²) in [6, 6.07) is 0.626. The van der Waals surface area contributed by atoms with Crippen LogP contribution < -0.4 is 10.6 Å². The molecule has 0 aromatic rings. The second kappa shape index (κ2) is 7.54. The number of amides is 1. The Morgan fingerprint density at radius 2 is 2.19 bits per heavy atom. The second-order valence-electron chi connectivity index (χ2n) is 6.43. The predicted molar refractivity (Wildman–Crippen MR) is 81.3 cm³/mol. The molecule has 3 aliphatic rings. The smallest absolute Gasteiger partial charge is 0.234 e. The number of carbonyl (C=O) groups excluding carboxylic acids is 1. The van der Waals surface area contributed by atoms with Gasteiger partial charge in [0, 0.05) is 32.2 Å². The molecular formula is C15H28N4O2. The summed E-state index contributed by atoms with van der Waals surface area (Å²) in [7, 11) is 0. The molecule has 120 valence electrons. The van der Waals surface area contributed by atoms with Crippen molar-refractivity contribution in [3.05, 3.63) is 0 Å². The number of hydrogen-bond acceptors (Lipinski definition) is 5. The van der Waals surface area contributed by atoms with Crippen LogP contribution in [-0.2, 0) is 9.53 Å². The van der Waals surface area contributed by atoms with Crippen LogP contribution in [0.25, 0.3) is 0 Å². The van der Waals surface area contributed by atoms with E-state index >= 15 is 0 Å². The standard InChI is InChI=1S/C15H28N4O2/c20-15(11-18-6-2-4-16-5-8-18)17-9-14-10-19-7-1-3-13(19)12-21-14/h13-14,16H,1-12H2,(H,17,20). The molecule has 3 rings (SSSR count). The van der Waals surface area contributed by atoms with Gasteiger partial charge in [0.1, 0.15) is 0 Å². The highest BCUT2D eigenvalue weighted by atomic mass is 16.5. The first kappa shape index (κ1) is 15.2. The van der Waals surface area contributed by atoms with E-state index in [1.54, 1.807) is 0 Å². The van der Waals surface area contributed by atoms with Gasteiger partial charge in [-0.05, 0) is 38.9 Å². The van der Waals surface area contributed by atoms with Crippen LogP contribution in [0.15, 0.2) is 0 Å². The highest BCUT2D eigenvalue weighted by Gasteiger charge is 2.32. The summed E-state index contributed by atoms with van der Waals surface area (Å²) >= 11 is 0. The molecule has 21 heavy (non-hydrogen) atoms. The average Bonchev–Trinajstić information content (AvgIpc) is 2.81. The molecule has 0 radical (unpaired) electrons. The van der Waals surface area contributed by atoms with Crippen LogP contribution in [0.2, 0.25) is 0 Å². The van der Waals surface area contributed by atoms with Crippen molar-refractivity contribution in [3.8, 4) is 0 Å². The number of nitrogens with one attached hydrogen (secondary N) is 2. The average molecular weight is 296 g/mol. The quantitative estimate of drug-likeness (QED) is 0.716. The van der Waals surface area contributed by atoms with Crippen molar-refractivity contribution in [1.29, 1.82) is 0 Å². The zero-order valence-corrected chi connectivity index (χ0v) is 12.9. The van der Waals surface area contributed by atoms with Gasteiger partial charge < -0.3 is 15.4 Å². The Morgan fingerprint density at radius 1 is 1.24 bits per heavy atom. The van der Waals surface area contributed by atoms with Gasteiger partial charge in [-0.25, -0.2) is 0 Å². The summed E-state index contributed by atoms with van der Waals surface area (Å²) in [6.07, 6.45) is 3.84. The molecule has 3 fully saturated rings. The highest BCUT2D eigenvalue weighted by Crippen LogP contribution is 2.22. The fraction of sp³-hybridized carbons (Fsp3) is 0.933. The van der Waals surface area contributed by atoms with E-state index in [0.29, 0.717) is 19.1 Å². The Bertz CT molecular complexity index is 345. The van der Waals surface area contributed by atoms with Gasteiger partial charge in [0.25, 0.3) is 0 Å². The monoisotopic (exact) mass is 296 g/mol. The lowest BCUT2D eigenvalue weighted by atomic mass is 10.2. The van der Waals surface area contributed by atoms with Crippen LogP contribution in [0, 0.1) is 0 Å². The molecule has 0 aromatic heterocycles. The van der Waals surface area contributed by atoms with Crippen molar-refractivity contribution in [2.24, 2.45) is 0 Å². The number of carbonyl (C=O) groups is 1. The van der Waals surface area contributed by atoms with E-state index in [-0.39, 0.29) is 12.0 Å². The third kappa shape index (κ3) is 4.39. The zero-order chi connectivity index (χ0) is 14.5. The Kier molecular flexibility index (Phi) is 5.46. The largest absolute Gasteiger partial charge is 0.373 e. The first-order valence-electron chi connectivity index (χ1n) is 8.37. The topological polar surface area (TPSA) is 56.8 Å². The van der Waals surface area contributed by atoms with Gasteiger partial charge in [-0.3, -0.25) is 14.6 Å². The van der Waals surface area contributed by atoms with Crippen molar-refractivity contribution in [3.63, 3.8) is 0 Å². The van der Waals surface area contributed by atoms with Crippen LogP contribution in [0.1, 0.15) is 19.3 Å². The summed E-state index contributed by atoms with van der Waals surface area (Å²) in [6.45, 7) is 8.17. The van der Waals surface area contributed by atoms with Crippen molar-refractivity contribution < 1.29 is 9.53 Å². The molecule has 2 N–H and O–H groups in total. The molecule has 0 aliphatic carbocycles. The van der Waals surface area contributed by atoms with Crippen molar-refractivity contribution in [1.82, 2.24) is 20.4 Å². The number of fused-ring (bicyclic) bond motifs is 1. The highest BCUT2D eigenvalue weighted by molar-refractivity contribution is 5.78. The Labute approximate surface area is 127 Å².